The highest BCUT2D eigenvalue weighted by molar-refractivity contribution is 5.40. The third-order valence-corrected chi connectivity index (χ3v) is 2.99. The van der Waals surface area contributed by atoms with Gasteiger partial charge in [-0.05, 0) is 30.2 Å². The van der Waals surface area contributed by atoms with E-state index in [0.717, 1.165) is 18.2 Å². The van der Waals surface area contributed by atoms with Crippen LogP contribution < -0.4 is 5.32 Å². The van der Waals surface area contributed by atoms with Crippen LogP contribution in [0.4, 0.5) is 13.2 Å². The van der Waals surface area contributed by atoms with E-state index in [4.69, 9.17) is 0 Å². The number of nitrogens with zero attached hydrogens (tertiary/aromatic N) is 2. The largest absolute Gasteiger partial charge is 0.435 e. The van der Waals surface area contributed by atoms with E-state index in [9.17, 15) is 13.2 Å². The fraction of sp³-hybridized carbons (Fsp3) is 0.400. The number of nitrogens with one attached hydrogen (secondary N) is 1. The van der Waals surface area contributed by atoms with Gasteiger partial charge in [0.2, 0.25) is 0 Å². The number of rotatable bonds is 5. The molecule has 2 aromatic rings. The average molecular weight is 297 g/mol. The summed E-state index contributed by atoms with van der Waals surface area (Å²) in [4.78, 5) is 0. The number of aromatic nitrogens is 2. The molecule has 6 heteroatoms. The molecule has 0 spiro atoms. The summed E-state index contributed by atoms with van der Waals surface area (Å²) in [6.07, 6.45) is -3.08. The van der Waals surface area contributed by atoms with Gasteiger partial charge >= 0.3 is 6.18 Å². The highest BCUT2D eigenvalue weighted by Gasteiger charge is 2.33. The van der Waals surface area contributed by atoms with Crippen LogP contribution in [-0.4, -0.2) is 16.3 Å². The Morgan fingerprint density at radius 3 is 2.52 bits per heavy atom. The summed E-state index contributed by atoms with van der Waals surface area (Å²) in [6, 6.07) is 8.29. The summed E-state index contributed by atoms with van der Waals surface area (Å²) in [5.41, 5.74) is 0.687. The Hall–Kier alpha value is -1.82. The van der Waals surface area contributed by atoms with Crippen LogP contribution >= 0.6 is 0 Å². The summed E-state index contributed by atoms with van der Waals surface area (Å²) >= 11 is 0. The Morgan fingerprint density at radius 1 is 1.19 bits per heavy atom. The Balaban J connectivity index is 2.21. The second-order valence-electron chi connectivity index (χ2n) is 5.30. The number of alkyl halides is 3. The first-order valence-corrected chi connectivity index (χ1v) is 6.80. The van der Waals surface area contributed by atoms with Crippen LogP contribution in [0.5, 0.6) is 0 Å². The highest BCUT2D eigenvalue weighted by Crippen LogP contribution is 2.28. The van der Waals surface area contributed by atoms with E-state index < -0.39 is 11.9 Å². The molecule has 0 unspecified atom stereocenters. The molecule has 1 heterocycles. The van der Waals surface area contributed by atoms with Crippen LogP contribution in [0.25, 0.3) is 5.69 Å². The van der Waals surface area contributed by atoms with Gasteiger partial charge < -0.3 is 5.32 Å². The molecule has 0 aliphatic heterocycles. The third kappa shape index (κ3) is 4.07. The third-order valence-electron chi connectivity index (χ3n) is 2.99. The minimum Gasteiger partial charge on any atom is -0.312 e. The minimum atomic E-state index is -4.42. The smallest absolute Gasteiger partial charge is 0.312 e. The van der Waals surface area contributed by atoms with Crippen molar-refractivity contribution in [3.8, 4) is 5.69 Å². The first-order chi connectivity index (χ1) is 9.88. The van der Waals surface area contributed by atoms with Gasteiger partial charge in [-0.1, -0.05) is 32.0 Å². The summed E-state index contributed by atoms with van der Waals surface area (Å²) < 4.78 is 39.1. The highest BCUT2D eigenvalue weighted by atomic mass is 19.4. The topological polar surface area (TPSA) is 29.9 Å². The van der Waals surface area contributed by atoms with Crippen molar-refractivity contribution in [2.75, 3.05) is 6.54 Å². The molecular formula is C15H18F3N3. The van der Waals surface area contributed by atoms with E-state index in [0.29, 0.717) is 18.2 Å². The molecule has 0 aliphatic carbocycles. The number of benzene rings is 1. The van der Waals surface area contributed by atoms with Crippen LogP contribution in [0.2, 0.25) is 0 Å². The Kier molecular flexibility index (Phi) is 4.67. The lowest BCUT2D eigenvalue weighted by molar-refractivity contribution is -0.141. The van der Waals surface area contributed by atoms with Crippen LogP contribution in [-0.2, 0) is 12.7 Å². The van der Waals surface area contributed by atoms with Crippen molar-refractivity contribution in [1.82, 2.24) is 15.1 Å². The molecule has 1 aromatic carbocycles. The van der Waals surface area contributed by atoms with Crippen molar-refractivity contribution < 1.29 is 13.2 Å². The number of halogens is 3. The number of hydrogen-bond donors (Lipinski definition) is 1. The first-order valence-electron chi connectivity index (χ1n) is 6.80. The predicted molar refractivity (Wildman–Crippen MR) is 75.1 cm³/mol. The molecule has 1 aromatic heterocycles. The van der Waals surface area contributed by atoms with E-state index in [1.165, 1.54) is 10.9 Å². The molecule has 0 amide bonds. The molecule has 3 nitrogen and oxygen atoms in total. The maximum Gasteiger partial charge on any atom is 0.435 e. The lowest BCUT2D eigenvalue weighted by atomic mass is 10.1. The van der Waals surface area contributed by atoms with Gasteiger partial charge in [-0.3, -0.25) is 0 Å². The fourth-order valence-corrected chi connectivity index (χ4v) is 1.99. The zero-order valence-electron chi connectivity index (χ0n) is 12.0. The molecule has 0 saturated heterocycles. The van der Waals surface area contributed by atoms with Crippen molar-refractivity contribution in [2.24, 2.45) is 5.92 Å². The summed E-state index contributed by atoms with van der Waals surface area (Å²) in [6.45, 7) is 5.64. The molecule has 2 rings (SSSR count). The SMILES string of the molecule is CC(C)CNCc1ccccc1-n1ccc(C(F)(F)F)n1. The van der Waals surface area contributed by atoms with E-state index in [1.54, 1.807) is 12.1 Å². The van der Waals surface area contributed by atoms with Gasteiger partial charge in [0.05, 0.1) is 5.69 Å². The van der Waals surface area contributed by atoms with Gasteiger partial charge in [0.15, 0.2) is 5.69 Å². The molecule has 0 bridgehead atoms. The Bertz CT molecular complexity index is 588. The van der Waals surface area contributed by atoms with Crippen molar-refractivity contribution in [2.45, 2.75) is 26.6 Å². The normalized spacial score (nSPS) is 12.1. The minimum absolute atomic E-state index is 0.513. The molecule has 1 N–H and O–H groups in total. The van der Waals surface area contributed by atoms with Gasteiger partial charge in [-0.15, -0.1) is 0 Å². The van der Waals surface area contributed by atoms with Crippen molar-refractivity contribution >= 4 is 0 Å². The van der Waals surface area contributed by atoms with E-state index in [-0.39, 0.29) is 0 Å². The summed E-state index contributed by atoms with van der Waals surface area (Å²) in [5, 5.41) is 6.90. The number of para-hydroxylation sites is 1. The van der Waals surface area contributed by atoms with E-state index >= 15 is 0 Å². The first kappa shape index (κ1) is 15.6. The fourth-order valence-electron chi connectivity index (χ4n) is 1.99. The quantitative estimate of drug-likeness (QED) is 0.913. The lowest BCUT2D eigenvalue weighted by Crippen LogP contribution is -2.20. The van der Waals surface area contributed by atoms with Crippen molar-refractivity contribution in [1.29, 1.82) is 0 Å². The van der Waals surface area contributed by atoms with Crippen molar-refractivity contribution in [3.05, 3.63) is 47.8 Å². The Labute approximate surface area is 121 Å². The zero-order chi connectivity index (χ0) is 15.5. The van der Waals surface area contributed by atoms with Crippen LogP contribution in [0.15, 0.2) is 36.5 Å². The second kappa shape index (κ2) is 6.30. The van der Waals surface area contributed by atoms with Gasteiger partial charge in [0.1, 0.15) is 0 Å². The molecule has 0 aliphatic rings. The standard InChI is InChI=1S/C15H18F3N3/c1-11(2)9-19-10-12-5-3-4-6-13(12)21-8-7-14(20-21)15(16,17)18/h3-8,11,19H,9-10H2,1-2H3. The van der Waals surface area contributed by atoms with Gasteiger partial charge in [-0.25, -0.2) is 4.68 Å². The lowest BCUT2D eigenvalue weighted by Gasteiger charge is -2.12. The molecule has 114 valence electrons. The van der Waals surface area contributed by atoms with Crippen LogP contribution in [0.3, 0.4) is 0 Å². The van der Waals surface area contributed by atoms with Crippen LogP contribution in [0, 0.1) is 5.92 Å². The summed E-state index contributed by atoms with van der Waals surface area (Å²) in [7, 11) is 0. The zero-order valence-corrected chi connectivity index (χ0v) is 12.0. The monoisotopic (exact) mass is 297 g/mol. The van der Waals surface area contributed by atoms with Gasteiger partial charge in [-0.2, -0.15) is 18.3 Å². The van der Waals surface area contributed by atoms with Crippen LogP contribution in [0.1, 0.15) is 25.1 Å². The van der Waals surface area contributed by atoms with Crippen molar-refractivity contribution in [3.63, 3.8) is 0 Å². The Morgan fingerprint density at radius 2 is 1.90 bits per heavy atom. The van der Waals surface area contributed by atoms with Gasteiger partial charge in [0, 0.05) is 12.7 Å². The summed E-state index contributed by atoms with van der Waals surface area (Å²) in [5.74, 6) is 0.513. The molecule has 0 radical (unpaired) electrons. The molecule has 21 heavy (non-hydrogen) atoms. The second-order valence-corrected chi connectivity index (χ2v) is 5.30. The average Bonchev–Trinajstić information content (AvgIpc) is 2.88. The molecule has 0 atom stereocenters. The number of hydrogen-bond acceptors (Lipinski definition) is 2. The van der Waals surface area contributed by atoms with E-state index in [2.05, 4.69) is 24.3 Å². The van der Waals surface area contributed by atoms with Gasteiger partial charge in [0.25, 0.3) is 0 Å². The maximum absolute atomic E-state index is 12.6. The molecule has 0 saturated carbocycles. The molecule has 0 fully saturated rings. The van der Waals surface area contributed by atoms with E-state index in [1.807, 2.05) is 12.1 Å². The molecular weight excluding hydrogens is 279 g/mol. The predicted octanol–water partition coefficient (Wildman–Crippen LogP) is 3.64. The maximum atomic E-state index is 12.6.